The minimum atomic E-state index is -1.03. The fourth-order valence-corrected chi connectivity index (χ4v) is 7.87. The molecule has 3 saturated carbocycles. The number of carboxylic acids is 1. The fraction of sp³-hybridized carbons (Fsp3) is 0.760. The average Bonchev–Trinajstić information content (AvgIpc) is 3.01. The van der Waals surface area contributed by atoms with Crippen molar-refractivity contribution in [1.29, 1.82) is 0 Å². The van der Waals surface area contributed by atoms with Gasteiger partial charge in [0.1, 0.15) is 0 Å². The molecule has 4 aliphatic carbocycles. The number of allylic oxidation sites excluding steroid dienone is 2. The maximum Gasteiger partial charge on any atom is 0.344 e. The van der Waals surface area contributed by atoms with E-state index in [1.165, 1.54) is 12.5 Å². The number of ether oxygens (including phenoxy) is 1. The van der Waals surface area contributed by atoms with Crippen LogP contribution in [0.5, 0.6) is 0 Å². The second kappa shape index (κ2) is 7.99. The van der Waals surface area contributed by atoms with E-state index in [2.05, 4.69) is 25.1 Å². The fourth-order valence-electron chi connectivity index (χ4n) is 7.87. The molecule has 0 bridgehead atoms. The Morgan fingerprint density at radius 1 is 1.06 bits per heavy atom. The maximum absolute atomic E-state index is 12.8. The molecule has 7 nitrogen and oxygen atoms in total. The summed E-state index contributed by atoms with van der Waals surface area (Å²) in [6.45, 7) is 7.12. The Balaban J connectivity index is 1.59. The highest BCUT2D eigenvalue weighted by molar-refractivity contribution is 5.96. The Hall–Kier alpha value is -2.18. The van der Waals surface area contributed by atoms with E-state index < -0.39 is 18.2 Å². The van der Waals surface area contributed by atoms with Gasteiger partial charge in [0.2, 0.25) is 6.61 Å². The molecule has 4 aliphatic rings. The van der Waals surface area contributed by atoms with Crippen molar-refractivity contribution >= 4 is 23.4 Å². The lowest BCUT2D eigenvalue weighted by molar-refractivity contribution is -0.187. The standard InChI is InChI=1S/C25H35NO6/c1-15(27)25(32-16(2)28)12-9-21-19-6-5-17-13-18(26-31-14-22(29)30)7-10-23(17,3)20(19)8-11-24(21,25)4/h13,19-21H,5-12,14H2,1-4H3,(H,29,30)/b26-18-/t19-,20+,21-,23-,24-,25-/m0/s1. The van der Waals surface area contributed by atoms with Crippen LogP contribution < -0.4 is 0 Å². The first-order valence-electron chi connectivity index (χ1n) is 11.9. The Morgan fingerprint density at radius 2 is 1.78 bits per heavy atom. The van der Waals surface area contributed by atoms with Crippen molar-refractivity contribution in [1.82, 2.24) is 0 Å². The van der Waals surface area contributed by atoms with Crippen LogP contribution >= 0.6 is 0 Å². The number of esters is 1. The number of Topliss-reactive ketones (excluding diaryl/α,β-unsaturated/α-hetero) is 1. The van der Waals surface area contributed by atoms with Crippen LogP contribution in [0.15, 0.2) is 16.8 Å². The molecule has 0 unspecified atom stereocenters. The molecular weight excluding hydrogens is 410 g/mol. The van der Waals surface area contributed by atoms with Crippen LogP contribution in [0.2, 0.25) is 0 Å². The van der Waals surface area contributed by atoms with Crippen LogP contribution in [0.4, 0.5) is 0 Å². The summed E-state index contributed by atoms with van der Waals surface area (Å²) < 4.78 is 5.84. The predicted molar refractivity (Wildman–Crippen MR) is 118 cm³/mol. The molecular formula is C25H35NO6. The molecule has 3 fully saturated rings. The molecule has 7 heteroatoms. The highest BCUT2D eigenvalue weighted by atomic mass is 16.6. The third-order valence-corrected chi connectivity index (χ3v) is 9.35. The average molecular weight is 446 g/mol. The summed E-state index contributed by atoms with van der Waals surface area (Å²) >= 11 is 0. The van der Waals surface area contributed by atoms with Gasteiger partial charge in [-0.15, -0.1) is 0 Å². The molecule has 0 aromatic carbocycles. The molecule has 0 saturated heterocycles. The van der Waals surface area contributed by atoms with Crippen molar-refractivity contribution in [2.24, 2.45) is 33.7 Å². The first-order valence-corrected chi connectivity index (χ1v) is 11.9. The molecule has 0 aromatic heterocycles. The summed E-state index contributed by atoms with van der Waals surface area (Å²) in [5.41, 5.74) is 0.999. The van der Waals surface area contributed by atoms with E-state index in [9.17, 15) is 14.4 Å². The van der Waals surface area contributed by atoms with Crippen molar-refractivity contribution in [3.05, 3.63) is 11.6 Å². The van der Waals surface area contributed by atoms with E-state index in [0.717, 1.165) is 50.7 Å². The second-order valence-electron chi connectivity index (χ2n) is 10.7. The molecule has 0 amide bonds. The SMILES string of the molecule is CC(=O)O[C@]1(C(C)=O)CC[C@H]2[C@H]3CCC4=C/C(=N\OCC(=O)O)CC[C@]4(C)[C@@H]3CC[C@@]21C. The maximum atomic E-state index is 12.8. The molecule has 0 aliphatic heterocycles. The molecule has 32 heavy (non-hydrogen) atoms. The first kappa shape index (κ1) is 23.0. The smallest absolute Gasteiger partial charge is 0.344 e. The summed E-state index contributed by atoms with van der Waals surface area (Å²) in [6, 6.07) is 0. The lowest BCUT2D eigenvalue weighted by Crippen LogP contribution is -2.58. The minimum Gasteiger partial charge on any atom is -0.479 e. The highest BCUT2D eigenvalue weighted by Gasteiger charge is 2.67. The van der Waals surface area contributed by atoms with Crippen molar-refractivity contribution in [3.63, 3.8) is 0 Å². The number of fused-ring (bicyclic) bond motifs is 5. The van der Waals surface area contributed by atoms with Gasteiger partial charge >= 0.3 is 11.9 Å². The molecule has 6 atom stereocenters. The van der Waals surface area contributed by atoms with E-state index in [-0.39, 0.29) is 22.6 Å². The molecule has 176 valence electrons. The molecule has 0 radical (unpaired) electrons. The van der Waals surface area contributed by atoms with Crippen molar-refractivity contribution in [2.45, 2.75) is 84.7 Å². The van der Waals surface area contributed by atoms with Gasteiger partial charge in [-0.1, -0.05) is 24.6 Å². The Labute approximate surface area is 189 Å². The van der Waals surface area contributed by atoms with Gasteiger partial charge in [-0.05, 0) is 87.5 Å². The van der Waals surface area contributed by atoms with Crippen molar-refractivity contribution in [3.8, 4) is 0 Å². The van der Waals surface area contributed by atoms with E-state index in [1.54, 1.807) is 6.92 Å². The Bertz CT molecular complexity index is 893. The van der Waals surface area contributed by atoms with Crippen LogP contribution in [0.3, 0.4) is 0 Å². The normalized spacial score (nSPS) is 41.7. The van der Waals surface area contributed by atoms with Crippen LogP contribution in [0.1, 0.15) is 79.1 Å². The summed E-state index contributed by atoms with van der Waals surface area (Å²) in [4.78, 5) is 40.4. The summed E-state index contributed by atoms with van der Waals surface area (Å²) in [5, 5.41) is 12.8. The lowest BCUT2D eigenvalue weighted by Gasteiger charge is -2.59. The van der Waals surface area contributed by atoms with Gasteiger partial charge in [-0.2, -0.15) is 0 Å². The zero-order valence-electron chi connectivity index (χ0n) is 19.6. The molecule has 1 N–H and O–H groups in total. The lowest BCUT2D eigenvalue weighted by atomic mass is 9.46. The zero-order chi connectivity index (χ0) is 23.3. The quantitative estimate of drug-likeness (QED) is 0.500. The number of carboxylic acid groups (broad SMARTS) is 1. The highest BCUT2D eigenvalue weighted by Crippen LogP contribution is 2.68. The number of rotatable bonds is 5. The van der Waals surface area contributed by atoms with Crippen LogP contribution in [0, 0.1) is 28.6 Å². The summed E-state index contributed by atoms with van der Waals surface area (Å²) in [6.07, 6.45) is 9.37. The number of carbonyl (C=O) groups excluding carboxylic acids is 2. The van der Waals surface area contributed by atoms with Crippen LogP contribution in [-0.2, 0) is 24.0 Å². The van der Waals surface area contributed by atoms with Gasteiger partial charge in [0.25, 0.3) is 0 Å². The third kappa shape index (κ3) is 3.39. The number of nitrogens with zero attached hydrogens (tertiary/aromatic N) is 1. The third-order valence-electron chi connectivity index (χ3n) is 9.35. The van der Waals surface area contributed by atoms with Crippen molar-refractivity contribution < 1.29 is 29.1 Å². The first-order chi connectivity index (χ1) is 15.0. The van der Waals surface area contributed by atoms with E-state index in [1.807, 2.05) is 0 Å². The van der Waals surface area contributed by atoms with Crippen LogP contribution in [-0.4, -0.2) is 40.7 Å². The van der Waals surface area contributed by atoms with E-state index >= 15 is 0 Å². The largest absolute Gasteiger partial charge is 0.479 e. The summed E-state index contributed by atoms with van der Waals surface area (Å²) in [7, 11) is 0. The predicted octanol–water partition coefficient (Wildman–Crippen LogP) is 4.30. The van der Waals surface area contributed by atoms with Gasteiger partial charge in [-0.25, -0.2) is 4.79 Å². The van der Waals surface area contributed by atoms with Gasteiger partial charge in [0.05, 0.1) is 5.71 Å². The Morgan fingerprint density at radius 3 is 2.44 bits per heavy atom. The molecule has 0 spiro atoms. The van der Waals surface area contributed by atoms with Gasteiger partial charge < -0.3 is 14.7 Å². The number of ketones is 1. The number of aliphatic carboxylic acids is 1. The van der Waals surface area contributed by atoms with Gasteiger partial charge in [0.15, 0.2) is 11.4 Å². The zero-order valence-corrected chi connectivity index (χ0v) is 19.6. The number of oxime groups is 1. The second-order valence-corrected chi connectivity index (χ2v) is 10.7. The minimum absolute atomic E-state index is 0.0152. The molecule has 0 heterocycles. The van der Waals surface area contributed by atoms with Gasteiger partial charge in [0, 0.05) is 12.3 Å². The number of hydrogen-bond acceptors (Lipinski definition) is 6. The van der Waals surface area contributed by atoms with Gasteiger partial charge in [-0.3, -0.25) is 9.59 Å². The van der Waals surface area contributed by atoms with Crippen LogP contribution in [0.25, 0.3) is 0 Å². The molecule has 4 rings (SSSR count). The Kier molecular flexibility index (Phi) is 5.74. The number of carbonyl (C=O) groups is 3. The number of hydrogen-bond donors (Lipinski definition) is 1. The van der Waals surface area contributed by atoms with Crippen molar-refractivity contribution in [2.75, 3.05) is 6.61 Å². The topological polar surface area (TPSA) is 102 Å². The van der Waals surface area contributed by atoms with E-state index in [0.29, 0.717) is 24.2 Å². The van der Waals surface area contributed by atoms with E-state index in [4.69, 9.17) is 14.7 Å². The monoisotopic (exact) mass is 445 g/mol. The summed E-state index contributed by atoms with van der Waals surface area (Å²) in [5.74, 6) is 0.00154. The molecule has 0 aromatic rings.